The van der Waals surface area contributed by atoms with E-state index in [1.165, 1.54) is 0 Å². The van der Waals surface area contributed by atoms with Crippen LogP contribution in [0.1, 0.15) is 11.1 Å². The maximum absolute atomic E-state index is 6.31. The summed E-state index contributed by atoms with van der Waals surface area (Å²) in [4.78, 5) is 0. The van der Waals surface area contributed by atoms with Crippen molar-refractivity contribution in [2.75, 3.05) is 19.4 Å². The number of para-hydroxylation sites is 1. The molecule has 0 bridgehead atoms. The minimum absolute atomic E-state index is 0. The average Bonchev–Trinajstić information content (AvgIpc) is 3.32. The topological polar surface area (TPSA) is 74.1 Å². The lowest BCUT2D eigenvalue weighted by Gasteiger charge is -2.16. The van der Waals surface area contributed by atoms with Gasteiger partial charge in [0, 0.05) is 35.5 Å². The zero-order valence-electron chi connectivity index (χ0n) is 18.6. The molecule has 178 valence electrons. The van der Waals surface area contributed by atoms with E-state index in [1.807, 2.05) is 66.7 Å². The smallest absolute Gasteiger partial charge is 0.214 e. The second-order valence-corrected chi connectivity index (χ2v) is 8.60. The van der Waals surface area contributed by atoms with Gasteiger partial charge in [0.1, 0.15) is 6.61 Å². The number of hydrogen-bond acceptors (Lipinski definition) is 7. The van der Waals surface area contributed by atoms with Gasteiger partial charge < -0.3 is 14.8 Å². The molecule has 0 radical (unpaired) electrons. The van der Waals surface area contributed by atoms with E-state index in [1.54, 1.807) is 29.6 Å². The number of tetrazole rings is 1. The largest absolute Gasteiger partial charge is 0.493 e. The van der Waals surface area contributed by atoms with Crippen LogP contribution in [0.2, 0.25) is 5.02 Å². The lowest BCUT2D eigenvalue weighted by atomic mass is 10.1. The number of thioether (sulfide) groups is 1. The number of nitrogens with one attached hydrogen (secondary N) is 1. The molecular formula is C24H25Cl2N5O2S. The molecule has 34 heavy (non-hydrogen) atoms. The fraction of sp³-hybridized carbons (Fsp3) is 0.208. The van der Waals surface area contributed by atoms with Crippen LogP contribution in [-0.4, -0.2) is 39.6 Å². The van der Waals surface area contributed by atoms with Crippen LogP contribution in [0.3, 0.4) is 0 Å². The van der Waals surface area contributed by atoms with Crippen molar-refractivity contribution in [1.82, 2.24) is 25.5 Å². The molecule has 0 aliphatic carbocycles. The van der Waals surface area contributed by atoms with Gasteiger partial charge in [-0.05, 0) is 34.2 Å². The average molecular weight is 518 g/mol. The van der Waals surface area contributed by atoms with E-state index in [-0.39, 0.29) is 12.4 Å². The predicted octanol–water partition coefficient (Wildman–Crippen LogP) is 5.21. The maximum Gasteiger partial charge on any atom is 0.214 e. The number of benzene rings is 3. The molecule has 0 amide bonds. The predicted molar refractivity (Wildman–Crippen MR) is 138 cm³/mol. The van der Waals surface area contributed by atoms with Crippen molar-refractivity contribution in [2.24, 2.45) is 0 Å². The van der Waals surface area contributed by atoms with E-state index in [9.17, 15) is 0 Å². The lowest BCUT2D eigenvalue weighted by molar-refractivity contribution is 0.281. The number of hydrogen-bond donors (Lipinski definition) is 1. The zero-order valence-corrected chi connectivity index (χ0v) is 20.9. The molecule has 1 aromatic heterocycles. The highest BCUT2D eigenvalue weighted by atomic mass is 35.5. The van der Waals surface area contributed by atoms with Crippen LogP contribution in [0, 0.1) is 0 Å². The summed E-state index contributed by atoms with van der Waals surface area (Å²) in [5.41, 5.74) is 2.96. The first kappa shape index (κ1) is 25.8. The number of rotatable bonds is 11. The summed E-state index contributed by atoms with van der Waals surface area (Å²) in [6.45, 7) is 1.79. The van der Waals surface area contributed by atoms with Crippen molar-refractivity contribution in [1.29, 1.82) is 0 Å². The number of nitrogens with zero attached hydrogens (tertiary/aromatic N) is 4. The Morgan fingerprint density at radius 3 is 2.50 bits per heavy atom. The van der Waals surface area contributed by atoms with Crippen LogP contribution in [0.25, 0.3) is 5.69 Å². The Morgan fingerprint density at radius 1 is 1.03 bits per heavy atom. The zero-order chi connectivity index (χ0) is 22.9. The van der Waals surface area contributed by atoms with Crippen LogP contribution < -0.4 is 14.8 Å². The molecule has 1 N–H and O–H groups in total. The first-order valence-electron chi connectivity index (χ1n) is 10.4. The molecule has 3 aromatic carbocycles. The summed E-state index contributed by atoms with van der Waals surface area (Å²) in [5.74, 6) is 2.11. The normalized spacial score (nSPS) is 10.5. The van der Waals surface area contributed by atoms with E-state index in [0.717, 1.165) is 34.3 Å². The number of aromatic nitrogens is 4. The second kappa shape index (κ2) is 13.2. The van der Waals surface area contributed by atoms with Crippen molar-refractivity contribution in [2.45, 2.75) is 18.3 Å². The standard InChI is InChI=1S/C24H24ClN5O2S.ClH/c1-31-22-15-20(25)14-19(23(22)32-17-18-8-4-2-5-9-18)16-26-12-13-33-24-27-28-29-30(24)21-10-6-3-7-11-21;/h2-11,14-15,26H,12-13,16-17H2,1H3;1H. The molecule has 0 unspecified atom stereocenters. The molecule has 0 atom stereocenters. The van der Waals surface area contributed by atoms with E-state index in [2.05, 4.69) is 20.8 Å². The van der Waals surface area contributed by atoms with Gasteiger partial charge in [0.15, 0.2) is 11.5 Å². The summed E-state index contributed by atoms with van der Waals surface area (Å²) < 4.78 is 13.4. The lowest BCUT2D eigenvalue weighted by Crippen LogP contribution is -2.17. The summed E-state index contributed by atoms with van der Waals surface area (Å²) >= 11 is 7.90. The summed E-state index contributed by atoms with van der Waals surface area (Å²) in [5, 5.41) is 16.8. The van der Waals surface area contributed by atoms with Gasteiger partial charge in [0.2, 0.25) is 5.16 Å². The molecule has 0 spiro atoms. The highest BCUT2D eigenvalue weighted by molar-refractivity contribution is 7.99. The Morgan fingerprint density at radius 2 is 1.76 bits per heavy atom. The van der Waals surface area contributed by atoms with Crippen molar-refractivity contribution < 1.29 is 9.47 Å². The van der Waals surface area contributed by atoms with E-state index < -0.39 is 0 Å². The molecule has 10 heteroatoms. The van der Waals surface area contributed by atoms with Crippen molar-refractivity contribution in [3.63, 3.8) is 0 Å². The summed E-state index contributed by atoms with van der Waals surface area (Å²) in [7, 11) is 1.62. The molecule has 0 saturated carbocycles. The number of halogens is 2. The van der Waals surface area contributed by atoms with Crippen molar-refractivity contribution in [3.8, 4) is 17.2 Å². The molecule has 1 heterocycles. The van der Waals surface area contributed by atoms with E-state index >= 15 is 0 Å². The Balaban J connectivity index is 0.00000324. The van der Waals surface area contributed by atoms with Gasteiger partial charge >= 0.3 is 0 Å². The molecule has 0 saturated heterocycles. The fourth-order valence-electron chi connectivity index (χ4n) is 3.24. The van der Waals surface area contributed by atoms with Gasteiger partial charge in [-0.25, -0.2) is 0 Å². The SMILES string of the molecule is COc1cc(Cl)cc(CNCCSc2nnnn2-c2ccccc2)c1OCc1ccccc1.Cl. The third-order valence-electron chi connectivity index (χ3n) is 4.81. The molecule has 0 aliphatic heterocycles. The molecule has 4 aromatic rings. The minimum atomic E-state index is 0. The van der Waals surface area contributed by atoms with E-state index in [0.29, 0.717) is 29.7 Å². The quantitative estimate of drug-likeness (QED) is 0.216. The summed E-state index contributed by atoms with van der Waals surface area (Å²) in [6, 6.07) is 23.5. The first-order valence-corrected chi connectivity index (χ1v) is 11.8. The fourth-order valence-corrected chi connectivity index (χ4v) is 4.26. The van der Waals surface area contributed by atoms with E-state index in [4.69, 9.17) is 21.1 Å². The monoisotopic (exact) mass is 517 g/mol. The van der Waals surface area contributed by atoms with Gasteiger partial charge in [-0.15, -0.1) is 17.5 Å². The van der Waals surface area contributed by atoms with Crippen LogP contribution in [0.4, 0.5) is 0 Å². The van der Waals surface area contributed by atoms with Crippen LogP contribution in [-0.2, 0) is 13.2 Å². The van der Waals surface area contributed by atoms with Crippen LogP contribution in [0.5, 0.6) is 11.5 Å². The molecule has 7 nitrogen and oxygen atoms in total. The third kappa shape index (κ3) is 6.87. The second-order valence-electron chi connectivity index (χ2n) is 7.10. The Hall–Kier alpha value is -2.78. The highest BCUT2D eigenvalue weighted by Crippen LogP contribution is 2.35. The Labute approximate surface area is 214 Å². The van der Waals surface area contributed by atoms with Crippen molar-refractivity contribution in [3.05, 3.63) is 88.9 Å². The third-order valence-corrected chi connectivity index (χ3v) is 5.95. The first-order chi connectivity index (χ1) is 16.2. The van der Waals surface area contributed by atoms with Gasteiger partial charge in [0.25, 0.3) is 0 Å². The van der Waals surface area contributed by atoms with Crippen LogP contribution >= 0.6 is 35.8 Å². The molecular weight excluding hydrogens is 493 g/mol. The van der Waals surface area contributed by atoms with Gasteiger partial charge in [-0.3, -0.25) is 0 Å². The Bertz CT molecular complexity index is 1160. The highest BCUT2D eigenvalue weighted by Gasteiger charge is 2.14. The van der Waals surface area contributed by atoms with Gasteiger partial charge in [0.05, 0.1) is 12.8 Å². The number of ether oxygens (including phenoxy) is 2. The van der Waals surface area contributed by atoms with Crippen molar-refractivity contribution >= 4 is 35.8 Å². The number of methoxy groups -OCH3 is 1. The molecule has 0 fully saturated rings. The molecule has 4 rings (SSSR count). The van der Waals surface area contributed by atoms with Crippen LogP contribution in [0.15, 0.2) is 78.0 Å². The maximum atomic E-state index is 6.31. The summed E-state index contributed by atoms with van der Waals surface area (Å²) in [6.07, 6.45) is 0. The van der Waals surface area contributed by atoms with Gasteiger partial charge in [-0.2, -0.15) is 4.68 Å². The Kier molecular flexibility index (Phi) is 10.0. The minimum Gasteiger partial charge on any atom is -0.493 e. The molecule has 0 aliphatic rings. The van der Waals surface area contributed by atoms with Gasteiger partial charge in [-0.1, -0.05) is 71.9 Å².